The van der Waals surface area contributed by atoms with Crippen LogP contribution in [0.15, 0.2) is 42.0 Å². The molecule has 2 rings (SSSR count). The van der Waals surface area contributed by atoms with E-state index in [0.29, 0.717) is 5.88 Å². The molecule has 0 aromatic heterocycles. The first-order chi connectivity index (χ1) is 9.37. The van der Waals surface area contributed by atoms with Crippen molar-refractivity contribution in [2.75, 3.05) is 5.88 Å². The summed E-state index contributed by atoms with van der Waals surface area (Å²) in [6.45, 7) is 6.24. The van der Waals surface area contributed by atoms with Gasteiger partial charge in [0, 0.05) is 11.3 Å². The molecule has 0 aliphatic heterocycles. The zero-order valence-corrected chi connectivity index (χ0v) is 13.0. The fourth-order valence-corrected chi connectivity index (χ4v) is 2.78. The van der Waals surface area contributed by atoms with Crippen LogP contribution in [-0.2, 0) is 0 Å². The zero-order valence-electron chi connectivity index (χ0n) is 12.2. The van der Waals surface area contributed by atoms with Crippen molar-refractivity contribution in [1.29, 1.82) is 5.41 Å². The van der Waals surface area contributed by atoms with E-state index >= 15 is 0 Å². The fourth-order valence-electron chi connectivity index (χ4n) is 2.49. The molecule has 1 aromatic carbocycles. The van der Waals surface area contributed by atoms with Crippen molar-refractivity contribution in [3.8, 4) is 0 Å². The van der Waals surface area contributed by atoms with Gasteiger partial charge in [-0.2, -0.15) is 0 Å². The lowest BCUT2D eigenvalue weighted by Crippen LogP contribution is -2.30. The molecular formula is C17H21ClN2. The van der Waals surface area contributed by atoms with Crippen molar-refractivity contribution in [2.24, 2.45) is 17.1 Å². The first-order valence-corrected chi connectivity index (χ1v) is 7.29. The molecule has 0 bridgehead atoms. The summed E-state index contributed by atoms with van der Waals surface area (Å²) in [6.07, 6.45) is 4.24. The van der Waals surface area contributed by atoms with Crippen LogP contribution in [0.1, 0.15) is 25.0 Å². The topological polar surface area (TPSA) is 49.9 Å². The molecule has 1 aromatic rings. The van der Waals surface area contributed by atoms with Crippen LogP contribution in [0.4, 0.5) is 0 Å². The Kier molecular flexibility index (Phi) is 4.05. The van der Waals surface area contributed by atoms with Crippen LogP contribution in [0.2, 0.25) is 0 Å². The molecule has 0 radical (unpaired) electrons. The van der Waals surface area contributed by atoms with E-state index in [9.17, 15) is 0 Å². The third-order valence-electron chi connectivity index (χ3n) is 4.12. The smallest absolute Gasteiger partial charge is 0.102 e. The van der Waals surface area contributed by atoms with Crippen molar-refractivity contribution < 1.29 is 0 Å². The number of nitrogens with one attached hydrogen (secondary N) is 1. The molecule has 2 atom stereocenters. The highest BCUT2D eigenvalue weighted by Crippen LogP contribution is 2.41. The van der Waals surface area contributed by atoms with Crippen LogP contribution in [0.25, 0.3) is 5.57 Å². The Hall–Kier alpha value is -1.54. The van der Waals surface area contributed by atoms with E-state index in [0.717, 1.165) is 11.1 Å². The maximum absolute atomic E-state index is 7.85. The Balaban J connectivity index is 2.53. The Bertz CT molecular complexity index is 584. The van der Waals surface area contributed by atoms with Crippen molar-refractivity contribution in [2.45, 2.75) is 20.8 Å². The summed E-state index contributed by atoms with van der Waals surface area (Å²) in [5, 5.41) is 7.85. The summed E-state index contributed by atoms with van der Waals surface area (Å²) >= 11 is 6.15. The van der Waals surface area contributed by atoms with Crippen LogP contribution in [0.5, 0.6) is 0 Å². The van der Waals surface area contributed by atoms with Gasteiger partial charge < -0.3 is 5.73 Å². The normalized spacial score (nSPS) is 25.9. The second-order valence-electron chi connectivity index (χ2n) is 5.80. The Morgan fingerprint density at radius 3 is 2.40 bits per heavy atom. The van der Waals surface area contributed by atoms with E-state index in [1.807, 2.05) is 0 Å². The van der Waals surface area contributed by atoms with E-state index in [4.69, 9.17) is 22.7 Å². The number of hydrogen-bond donors (Lipinski definition) is 2. The minimum atomic E-state index is -0.173. The number of allylic oxidation sites excluding steroid dienone is 2. The molecule has 0 fully saturated rings. The van der Waals surface area contributed by atoms with Gasteiger partial charge in [-0.3, -0.25) is 5.41 Å². The molecule has 3 N–H and O–H groups in total. The molecule has 1 aliphatic carbocycles. The molecule has 20 heavy (non-hydrogen) atoms. The Morgan fingerprint density at radius 2 is 1.90 bits per heavy atom. The lowest BCUT2D eigenvalue weighted by Gasteiger charge is -2.33. The number of nitrogens with two attached hydrogens (primary N) is 1. The summed E-state index contributed by atoms with van der Waals surface area (Å²) in [4.78, 5) is 0. The van der Waals surface area contributed by atoms with E-state index in [-0.39, 0.29) is 17.2 Å². The van der Waals surface area contributed by atoms with E-state index in [1.54, 1.807) is 0 Å². The Labute approximate surface area is 125 Å². The molecule has 0 saturated carbocycles. The van der Waals surface area contributed by atoms with Gasteiger partial charge in [0.25, 0.3) is 0 Å². The third kappa shape index (κ3) is 2.66. The van der Waals surface area contributed by atoms with Crippen LogP contribution in [0, 0.1) is 23.7 Å². The van der Waals surface area contributed by atoms with Gasteiger partial charge in [0.15, 0.2) is 0 Å². The number of alkyl halides is 1. The molecule has 106 valence electrons. The van der Waals surface area contributed by atoms with Gasteiger partial charge in [-0.05, 0) is 25.0 Å². The fraction of sp³-hybridized carbons (Fsp3) is 0.353. The number of amidine groups is 1. The minimum Gasteiger partial charge on any atom is -0.387 e. The van der Waals surface area contributed by atoms with E-state index in [1.165, 1.54) is 11.1 Å². The molecule has 0 spiro atoms. The van der Waals surface area contributed by atoms with Crippen molar-refractivity contribution in [3.63, 3.8) is 0 Å². The van der Waals surface area contributed by atoms with Crippen molar-refractivity contribution in [1.82, 2.24) is 0 Å². The maximum Gasteiger partial charge on any atom is 0.102 e. The number of rotatable bonds is 3. The molecular weight excluding hydrogens is 268 g/mol. The molecule has 3 heteroatoms. The molecule has 0 amide bonds. The lowest BCUT2D eigenvalue weighted by molar-refractivity contribution is 0.574. The SMILES string of the molecule is CC1=CC(C(=N)N)C(c2ccc(C)cc2)=CC1(C)CCl. The number of hydrogen-bond acceptors (Lipinski definition) is 1. The Morgan fingerprint density at radius 1 is 1.30 bits per heavy atom. The summed E-state index contributed by atoms with van der Waals surface area (Å²) in [5.74, 6) is 0.539. The van der Waals surface area contributed by atoms with Crippen LogP contribution in [0.3, 0.4) is 0 Å². The van der Waals surface area contributed by atoms with Gasteiger partial charge in [-0.25, -0.2) is 0 Å². The second kappa shape index (κ2) is 5.45. The number of aryl methyl sites for hydroxylation is 1. The first-order valence-electron chi connectivity index (χ1n) is 6.76. The van der Waals surface area contributed by atoms with Gasteiger partial charge in [-0.15, -0.1) is 11.6 Å². The van der Waals surface area contributed by atoms with Gasteiger partial charge in [0.1, 0.15) is 5.84 Å². The lowest BCUT2D eigenvalue weighted by atomic mass is 9.73. The quantitative estimate of drug-likeness (QED) is 0.373. The maximum atomic E-state index is 7.85. The third-order valence-corrected chi connectivity index (χ3v) is 4.68. The highest BCUT2D eigenvalue weighted by Gasteiger charge is 2.32. The average Bonchev–Trinajstić information content (AvgIpc) is 2.42. The van der Waals surface area contributed by atoms with Crippen molar-refractivity contribution >= 4 is 23.0 Å². The van der Waals surface area contributed by atoms with Gasteiger partial charge in [0.05, 0.1) is 5.92 Å². The molecule has 1 aliphatic rings. The second-order valence-corrected chi connectivity index (χ2v) is 6.07. The van der Waals surface area contributed by atoms with Crippen LogP contribution in [-0.4, -0.2) is 11.7 Å². The van der Waals surface area contributed by atoms with Crippen molar-refractivity contribution in [3.05, 3.63) is 53.1 Å². The minimum absolute atomic E-state index is 0.158. The predicted octanol–water partition coefficient (Wildman–Crippen LogP) is 4.14. The average molecular weight is 289 g/mol. The predicted molar refractivity (Wildman–Crippen MR) is 87.1 cm³/mol. The molecule has 2 nitrogen and oxygen atoms in total. The number of halogens is 1. The standard InChI is InChI=1S/C17H21ClN2/c1-11-4-6-13(7-5-11)15-9-17(3,10-18)12(2)8-14(15)16(19)20/h4-9,14H,10H2,1-3H3,(H3,19,20). The molecule has 0 heterocycles. The summed E-state index contributed by atoms with van der Waals surface area (Å²) < 4.78 is 0. The van der Waals surface area contributed by atoms with E-state index in [2.05, 4.69) is 57.2 Å². The molecule has 2 unspecified atom stereocenters. The van der Waals surface area contributed by atoms with Gasteiger partial charge in [0.2, 0.25) is 0 Å². The summed E-state index contributed by atoms with van der Waals surface area (Å²) in [6, 6.07) is 8.33. The van der Waals surface area contributed by atoms with Gasteiger partial charge >= 0.3 is 0 Å². The van der Waals surface area contributed by atoms with Crippen LogP contribution >= 0.6 is 11.6 Å². The first kappa shape index (κ1) is 14.9. The monoisotopic (exact) mass is 288 g/mol. The number of benzene rings is 1. The molecule has 0 saturated heterocycles. The largest absolute Gasteiger partial charge is 0.387 e. The van der Waals surface area contributed by atoms with Gasteiger partial charge in [-0.1, -0.05) is 54.5 Å². The zero-order chi connectivity index (χ0) is 14.9. The van der Waals surface area contributed by atoms with E-state index < -0.39 is 0 Å². The highest BCUT2D eigenvalue weighted by molar-refractivity contribution is 6.18. The van der Waals surface area contributed by atoms with Crippen LogP contribution < -0.4 is 5.73 Å². The summed E-state index contributed by atoms with van der Waals surface area (Å²) in [7, 11) is 0. The summed E-state index contributed by atoms with van der Waals surface area (Å²) in [5.41, 5.74) is 10.2. The highest BCUT2D eigenvalue weighted by atomic mass is 35.5.